The second-order valence-corrected chi connectivity index (χ2v) is 5.71. The molecule has 0 aliphatic heterocycles. The predicted molar refractivity (Wildman–Crippen MR) is 85.1 cm³/mol. The zero-order chi connectivity index (χ0) is 14.7. The third-order valence-corrected chi connectivity index (χ3v) is 4.09. The highest BCUT2D eigenvalue weighted by molar-refractivity contribution is 7.08. The summed E-state index contributed by atoms with van der Waals surface area (Å²) in [5.74, 6) is 1.29. The highest BCUT2D eigenvalue weighted by Gasteiger charge is 2.10. The smallest absolute Gasteiger partial charge is 0.241 e. The molecule has 0 spiro atoms. The van der Waals surface area contributed by atoms with Gasteiger partial charge in [0.05, 0.1) is 6.54 Å². The normalized spacial score (nSPS) is 11.2. The Bertz CT molecular complexity index is 689. The summed E-state index contributed by atoms with van der Waals surface area (Å²) >= 11 is 1.70. The summed E-state index contributed by atoms with van der Waals surface area (Å²) in [6.45, 7) is 3.73. The summed E-state index contributed by atoms with van der Waals surface area (Å²) in [7, 11) is 2.03. The van der Waals surface area contributed by atoms with Crippen molar-refractivity contribution in [2.75, 3.05) is 13.6 Å². The lowest BCUT2D eigenvalue weighted by molar-refractivity contribution is 0.276. The Morgan fingerprint density at radius 3 is 2.52 bits per heavy atom. The largest absolute Gasteiger partial charge is 0.338 e. The molecule has 5 heteroatoms. The molecule has 3 rings (SSSR count). The van der Waals surface area contributed by atoms with Gasteiger partial charge in [-0.2, -0.15) is 16.3 Å². The van der Waals surface area contributed by atoms with Crippen molar-refractivity contribution in [3.63, 3.8) is 0 Å². The molecule has 108 valence electrons. The maximum absolute atomic E-state index is 5.29. The van der Waals surface area contributed by atoms with Crippen LogP contribution in [0.3, 0.4) is 0 Å². The first-order valence-electron chi connectivity index (χ1n) is 6.90. The van der Waals surface area contributed by atoms with Crippen molar-refractivity contribution < 1.29 is 4.52 Å². The average Bonchev–Trinajstić information content (AvgIpc) is 3.19. The van der Waals surface area contributed by atoms with E-state index < -0.39 is 0 Å². The topological polar surface area (TPSA) is 42.2 Å². The number of aromatic nitrogens is 2. The summed E-state index contributed by atoms with van der Waals surface area (Å²) in [5, 5.41) is 8.28. The van der Waals surface area contributed by atoms with Crippen molar-refractivity contribution in [2.24, 2.45) is 0 Å². The predicted octanol–water partition coefficient (Wildman–Crippen LogP) is 3.92. The minimum absolute atomic E-state index is 0.645. The summed E-state index contributed by atoms with van der Waals surface area (Å²) < 4.78 is 5.29. The highest BCUT2D eigenvalue weighted by Crippen LogP contribution is 2.25. The molecule has 0 radical (unpaired) electrons. The molecule has 0 unspecified atom stereocenters. The molecular formula is C16H17N3OS. The lowest BCUT2D eigenvalue weighted by Gasteiger charge is -2.08. The molecule has 2 aromatic heterocycles. The zero-order valence-corrected chi connectivity index (χ0v) is 12.9. The van der Waals surface area contributed by atoms with Crippen molar-refractivity contribution in [3.8, 4) is 22.5 Å². The van der Waals surface area contributed by atoms with Crippen molar-refractivity contribution in [3.05, 3.63) is 47.0 Å². The zero-order valence-electron chi connectivity index (χ0n) is 12.1. The van der Waals surface area contributed by atoms with E-state index in [9.17, 15) is 0 Å². The Labute approximate surface area is 128 Å². The van der Waals surface area contributed by atoms with Crippen LogP contribution in [-0.4, -0.2) is 28.6 Å². The van der Waals surface area contributed by atoms with Crippen molar-refractivity contribution >= 4 is 11.3 Å². The van der Waals surface area contributed by atoms with Gasteiger partial charge >= 0.3 is 0 Å². The summed E-state index contributed by atoms with van der Waals surface area (Å²) in [4.78, 5) is 6.57. The van der Waals surface area contributed by atoms with Gasteiger partial charge in [0.25, 0.3) is 0 Å². The molecular weight excluding hydrogens is 282 g/mol. The van der Waals surface area contributed by atoms with Crippen LogP contribution in [-0.2, 0) is 6.54 Å². The van der Waals surface area contributed by atoms with Gasteiger partial charge in [0, 0.05) is 5.56 Å². The van der Waals surface area contributed by atoms with Gasteiger partial charge in [0.1, 0.15) is 0 Å². The molecule has 0 N–H and O–H groups in total. The fourth-order valence-electron chi connectivity index (χ4n) is 2.02. The van der Waals surface area contributed by atoms with E-state index in [0.717, 1.165) is 12.1 Å². The number of rotatable bonds is 5. The van der Waals surface area contributed by atoms with Gasteiger partial charge < -0.3 is 4.52 Å². The van der Waals surface area contributed by atoms with Crippen LogP contribution in [0.5, 0.6) is 0 Å². The van der Waals surface area contributed by atoms with Crippen LogP contribution in [0.1, 0.15) is 12.8 Å². The molecule has 0 aliphatic carbocycles. The highest BCUT2D eigenvalue weighted by atomic mass is 32.1. The van der Waals surface area contributed by atoms with Gasteiger partial charge in [-0.15, -0.1) is 0 Å². The Morgan fingerprint density at radius 2 is 1.86 bits per heavy atom. The maximum Gasteiger partial charge on any atom is 0.241 e. The van der Waals surface area contributed by atoms with Crippen LogP contribution in [0.15, 0.2) is 45.6 Å². The Morgan fingerprint density at radius 1 is 1.10 bits per heavy atom. The SMILES string of the molecule is CCN(C)Cc1nc(-c2ccc(-c3ccsc3)cc2)no1. The van der Waals surface area contributed by atoms with Crippen molar-refractivity contribution in [2.45, 2.75) is 13.5 Å². The molecule has 0 saturated carbocycles. The first-order valence-corrected chi connectivity index (χ1v) is 7.84. The fraction of sp³-hybridized carbons (Fsp3) is 0.250. The van der Waals surface area contributed by atoms with E-state index in [1.165, 1.54) is 11.1 Å². The second kappa shape index (κ2) is 6.20. The fourth-order valence-corrected chi connectivity index (χ4v) is 2.68. The van der Waals surface area contributed by atoms with E-state index in [4.69, 9.17) is 4.52 Å². The molecule has 0 amide bonds. The van der Waals surface area contributed by atoms with Crippen LogP contribution in [0, 0.1) is 0 Å². The van der Waals surface area contributed by atoms with Crippen LogP contribution < -0.4 is 0 Å². The van der Waals surface area contributed by atoms with Gasteiger partial charge in [-0.25, -0.2) is 0 Å². The van der Waals surface area contributed by atoms with E-state index in [-0.39, 0.29) is 0 Å². The third-order valence-electron chi connectivity index (χ3n) is 3.41. The van der Waals surface area contributed by atoms with Crippen LogP contribution in [0.4, 0.5) is 0 Å². The molecule has 0 atom stereocenters. The Kier molecular flexibility index (Phi) is 4.13. The van der Waals surface area contributed by atoms with Crippen LogP contribution in [0.25, 0.3) is 22.5 Å². The van der Waals surface area contributed by atoms with E-state index in [1.807, 2.05) is 19.2 Å². The molecule has 1 aromatic carbocycles. The third kappa shape index (κ3) is 3.20. The van der Waals surface area contributed by atoms with Crippen molar-refractivity contribution in [1.29, 1.82) is 0 Å². The molecule has 0 aliphatic rings. The van der Waals surface area contributed by atoms with Gasteiger partial charge in [-0.05, 0) is 41.5 Å². The standard InChI is InChI=1S/C16H17N3OS/c1-3-19(2)10-15-17-16(18-20-15)13-6-4-12(5-7-13)14-8-9-21-11-14/h4-9,11H,3,10H2,1-2H3. The lowest BCUT2D eigenvalue weighted by atomic mass is 10.1. The number of benzene rings is 1. The number of hydrogen-bond donors (Lipinski definition) is 0. The van der Waals surface area contributed by atoms with Gasteiger partial charge in [-0.3, -0.25) is 4.90 Å². The van der Waals surface area contributed by atoms with E-state index >= 15 is 0 Å². The number of nitrogens with zero attached hydrogens (tertiary/aromatic N) is 3. The monoisotopic (exact) mass is 299 g/mol. The molecule has 2 heterocycles. The summed E-state index contributed by atoms with van der Waals surface area (Å²) in [5.41, 5.74) is 3.42. The molecule has 3 aromatic rings. The summed E-state index contributed by atoms with van der Waals surface area (Å²) in [6.07, 6.45) is 0. The van der Waals surface area contributed by atoms with Gasteiger partial charge in [-0.1, -0.05) is 36.3 Å². The Balaban J connectivity index is 1.78. The van der Waals surface area contributed by atoms with Gasteiger partial charge in [0.2, 0.25) is 11.7 Å². The first-order chi connectivity index (χ1) is 10.3. The lowest BCUT2D eigenvalue weighted by Crippen LogP contribution is -2.16. The average molecular weight is 299 g/mol. The van der Waals surface area contributed by atoms with Crippen LogP contribution in [0.2, 0.25) is 0 Å². The van der Waals surface area contributed by atoms with Gasteiger partial charge in [0.15, 0.2) is 0 Å². The van der Waals surface area contributed by atoms with Crippen LogP contribution >= 0.6 is 11.3 Å². The molecule has 0 fully saturated rings. The maximum atomic E-state index is 5.29. The number of thiophene rings is 1. The van der Waals surface area contributed by atoms with E-state index in [1.54, 1.807) is 11.3 Å². The minimum Gasteiger partial charge on any atom is -0.338 e. The molecule has 21 heavy (non-hydrogen) atoms. The molecule has 0 saturated heterocycles. The molecule has 0 bridgehead atoms. The second-order valence-electron chi connectivity index (χ2n) is 4.93. The van der Waals surface area contributed by atoms with E-state index in [0.29, 0.717) is 18.3 Å². The summed E-state index contributed by atoms with van der Waals surface area (Å²) in [6, 6.07) is 10.4. The quantitative estimate of drug-likeness (QED) is 0.716. The number of hydrogen-bond acceptors (Lipinski definition) is 5. The first kappa shape index (κ1) is 14.0. The minimum atomic E-state index is 0.645. The van der Waals surface area contributed by atoms with E-state index in [2.05, 4.69) is 50.9 Å². The molecule has 4 nitrogen and oxygen atoms in total. The van der Waals surface area contributed by atoms with Crippen molar-refractivity contribution in [1.82, 2.24) is 15.0 Å². The Hall–Kier alpha value is -1.98.